The third kappa shape index (κ3) is 5.09. The van der Waals surface area contributed by atoms with E-state index < -0.39 is 0 Å². The van der Waals surface area contributed by atoms with Crippen molar-refractivity contribution in [2.45, 2.75) is 19.4 Å². The highest BCUT2D eigenvalue weighted by Crippen LogP contribution is 2.11. The minimum absolute atomic E-state index is 0.0597. The van der Waals surface area contributed by atoms with Gasteiger partial charge in [0.2, 0.25) is 5.91 Å². The van der Waals surface area contributed by atoms with Crippen molar-refractivity contribution in [3.63, 3.8) is 0 Å². The van der Waals surface area contributed by atoms with Gasteiger partial charge in [-0.1, -0.05) is 60.7 Å². The molecule has 5 heteroatoms. The Balaban J connectivity index is 1.61. The SMILES string of the molecule is O=C(CCN1CCOC1=O)N(CCc1ccccc1)Cc1ccccc1. The van der Waals surface area contributed by atoms with E-state index in [9.17, 15) is 9.59 Å². The number of hydrogen-bond donors (Lipinski definition) is 0. The van der Waals surface area contributed by atoms with Gasteiger partial charge in [0, 0.05) is 26.1 Å². The molecular formula is C21H24N2O3. The molecule has 0 aromatic heterocycles. The van der Waals surface area contributed by atoms with Crippen LogP contribution in [-0.2, 0) is 22.5 Å². The quantitative estimate of drug-likeness (QED) is 0.733. The molecule has 2 aromatic carbocycles. The fraction of sp³-hybridized carbons (Fsp3) is 0.333. The fourth-order valence-corrected chi connectivity index (χ4v) is 3.02. The van der Waals surface area contributed by atoms with Crippen LogP contribution in [0.2, 0.25) is 0 Å². The maximum atomic E-state index is 12.8. The lowest BCUT2D eigenvalue weighted by atomic mass is 10.1. The Hall–Kier alpha value is -2.82. The molecule has 0 spiro atoms. The molecule has 1 saturated heterocycles. The Morgan fingerprint density at radius 1 is 1.00 bits per heavy atom. The molecule has 26 heavy (non-hydrogen) atoms. The number of amides is 2. The Kier molecular flexibility index (Phi) is 6.25. The van der Waals surface area contributed by atoms with Crippen LogP contribution >= 0.6 is 0 Å². The van der Waals surface area contributed by atoms with Gasteiger partial charge in [0.15, 0.2) is 0 Å². The van der Waals surface area contributed by atoms with Crippen LogP contribution in [0.25, 0.3) is 0 Å². The van der Waals surface area contributed by atoms with E-state index in [0.717, 1.165) is 12.0 Å². The number of nitrogens with zero attached hydrogens (tertiary/aromatic N) is 2. The molecule has 0 unspecified atom stereocenters. The van der Waals surface area contributed by atoms with E-state index in [1.807, 2.05) is 53.4 Å². The van der Waals surface area contributed by atoms with E-state index in [1.165, 1.54) is 5.56 Å². The lowest BCUT2D eigenvalue weighted by Crippen LogP contribution is -2.36. The normalized spacial score (nSPS) is 13.5. The average molecular weight is 352 g/mol. The highest BCUT2D eigenvalue weighted by molar-refractivity contribution is 5.77. The molecule has 2 amide bonds. The number of carbonyl (C=O) groups is 2. The Morgan fingerprint density at radius 3 is 2.27 bits per heavy atom. The largest absolute Gasteiger partial charge is 0.448 e. The van der Waals surface area contributed by atoms with Crippen molar-refractivity contribution in [1.82, 2.24) is 9.80 Å². The first-order valence-corrected chi connectivity index (χ1v) is 9.00. The van der Waals surface area contributed by atoms with Gasteiger partial charge in [0.1, 0.15) is 6.61 Å². The van der Waals surface area contributed by atoms with Crippen LogP contribution in [0.3, 0.4) is 0 Å². The van der Waals surface area contributed by atoms with E-state index in [2.05, 4.69) is 12.1 Å². The van der Waals surface area contributed by atoms with Crippen LogP contribution in [0.4, 0.5) is 4.79 Å². The minimum atomic E-state index is -0.323. The Labute approximate surface area is 154 Å². The van der Waals surface area contributed by atoms with Crippen molar-refractivity contribution >= 4 is 12.0 Å². The van der Waals surface area contributed by atoms with Gasteiger partial charge in [-0.25, -0.2) is 4.79 Å². The zero-order valence-corrected chi connectivity index (χ0v) is 14.8. The highest BCUT2D eigenvalue weighted by Gasteiger charge is 2.23. The lowest BCUT2D eigenvalue weighted by Gasteiger charge is -2.24. The monoisotopic (exact) mass is 352 g/mol. The van der Waals surface area contributed by atoms with Crippen LogP contribution < -0.4 is 0 Å². The maximum absolute atomic E-state index is 12.8. The van der Waals surface area contributed by atoms with E-state index in [4.69, 9.17) is 4.74 Å². The second-order valence-corrected chi connectivity index (χ2v) is 6.39. The highest BCUT2D eigenvalue weighted by atomic mass is 16.6. The van der Waals surface area contributed by atoms with Crippen molar-refractivity contribution in [2.75, 3.05) is 26.2 Å². The predicted octanol–water partition coefficient (Wildman–Crippen LogP) is 3.10. The summed E-state index contributed by atoms with van der Waals surface area (Å²) >= 11 is 0. The maximum Gasteiger partial charge on any atom is 0.409 e. The van der Waals surface area contributed by atoms with Crippen LogP contribution in [-0.4, -0.2) is 48.0 Å². The first-order valence-electron chi connectivity index (χ1n) is 9.00. The standard InChI is InChI=1S/C21H24N2O3/c24-20(12-14-22-15-16-26-21(22)25)23(17-19-9-5-2-6-10-19)13-11-18-7-3-1-4-8-18/h1-10H,11-17H2. The number of hydrogen-bond acceptors (Lipinski definition) is 3. The van der Waals surface area contributed by atoms with Crippen LogP contribution in [0.1, 0.15) is 17.5 Å². The molecule has 136 valence electrons. The van der Waals surface area contributed by atoms with Crippen molar-refractivity contribution < 1.29 is 14.3 Å². The predicted molar refractivity (Wildman–Crippen MR) is 99.5 cm³/mol. The topological polar surface area (TPSA) is 49.9 Å². The molecule has 0 radical (unpaired) electrons. The number of rotatable bonds is 8. The molecule has 0 N–H and O–H groups in total. The molecule has 0 atom stereocenters. The van der Waals surface area contributed by atoms with Crippen LogP contribution in [0, 0.1) is 0 Å². The van der Waals surface area contributed by atoms with E-state index in [0.29, 0.717) is 39.2 Å². The molecule has 0 aliphatic carbocycles. The molecule has 0 bridgehead atoms. The minimum Gasteiger partial charge on any atom is -0.448 e. The molecule has 5 nitrogen and oxygen atoms in total. The second-order valence-electron chi connectivity index (χ2n) is 6.39. The zero-order chi connectivity index (χ0) is 18.2. The summed E-state index contributed by atoms with van der Waals surface area (Å²) in [4.78, 5) is 27.8. The summed E-state index contributed by atoms with van der Waals surface area (Å²) in [6, 6.07) is 20.2. The fourth-order valence-electron chi connectivity index (χ4n) is 3.02. The van der Waals surface area contributed by atoms with Gasteiger partial charge in [-0.3, -0.25) is 4.79 Å². The van der Waals surface area contributed by atoms with Crippen molar-refractivity contribution in [1.29, 1.82) is 0 Å². The molecule has 1 fully saturated rings. The molecule has 1 aliphatic heterocycles. The summed E-state index contributed by atoms with van der Waals surface area (Å²) in [5, 5.41) is 0. The summed E-state index contributed by atoms with van der Waals surface area (Å²) in [6.45, 7) is 2.62. The van der Waals surface area contributed by atoms with Crippen LogP contribution in [0.5, 0.6) is 0 Å². The first kappa shape index (κ1) is 18.0. The molecule has 1 aliphatic rings. The number of benzene rings is 2. The van der Waals surface area contributed by atoms with Gasteiger partial charge in [-0.15, -0.1) is 0 Å². The third-order valence-electron chi connectivity index (χ3n) is 4.52. The Morgan fingerprint density at radius 2 is 1.65 bits per heavy atom. The molecule has 1 heterocycles. The number of ether oxygens (including phenoxy) is 1. The zero-order valence-electron chi connectivity index (χ0n) is 14.8. The number of cyclic esters (lactones) is 1. The van der Waals surface area contributed by atoms with E-state index in [1.54, 1.807) is 4.90 Å². The summed E-state index contributed by atoms with van der Waals surface area (Å²) in [5.74, 6) is 0.0597. The van der Waals surface area contributed by atoms with Gasteiger partial charge in [-0.05, 0) is 17.5 Å². The molecule has 3 rings (SSSR count). The summed E-state index contributed by atoms with van der Waals surface area (Å²) in [6.07, 6.45) is 0.804. The number of carbonyl (C=O) groups excluding carboxylic acids is 2. The van der Waals surface area contributed by atoms with Gasteiger partial charge >= 0.3 is 6.09 Å². The summed E-state index contributed by atoms with van der Waals surface area (Å²) < 4.78 is 4.92. The second kappa shape index (κ2) is 9.04. The summed E-state index contributed by atoms with van der Waals surface area (Å²) in [7, 11) is 0. The van der Waals surface area contributed by atoms with Crippen molar-refractivity contribution in [3.05, 3.63) is 71.8 Å². The average Bonchev–Trinajstić information content (AvgIpc) is 3.09. The first-order chi connectivity index (χ1) is 12.7. The van der Waals surface area contributed by atoms with E-state index >= 15 is 0 Å². The van der Waals surface area contributed by atoms with Crippen LogP contribution in [0.15, 0.2) is 60.7 Å². The van der Waals surface area contributed by atoms with E-state index in [-0.39, 0.29) is 12.0 Å². The summed E-state index contributed by atoms with van der Waals surface area (Å²) in [5.41, 5.74) is 2.32. The Bertz CT molecular complexity index is 719. The van der Waals surface area contributed by atoms with Crippen molar-refractivity contribution in [2.24, 2.45) is 0 Å². The lowest BCUT2D eigenvalue weighted by molar-refractivity contribution is -0.132. The van der Waals surface area contributed by atoms with Gasteiger partial charge in [0.05, 0.1) is 6.54 Å². The van der Waals surface area contributed by atoms with Gasteiger partial charge in [-0.2, -0.15) is 0 Å². The van der Waals surface area contributed by atoms with Gasteiger partial charge in [0.25, 0.3) is 0 Å². The van der Waals surface area contributed by atoms with Gasteiger partial charge < -0.3 is 14.5 Å². The molecule has 0 saturated carbocycles. The third-order valence-corrected chi connectivity index (χ3v) is 4.52. The molecule has 2 aromatic rings. The van der Waals surface area contributed by atoms with Crippen molar-refractivity contribution in [3.8, 4) is 0 Å². The smallest absolute Gasteiger partial charge is 0.409 e. The molecular weight excluding hydrogens is 328 g/mol.